The molecule has 0 spiro atoms. The summed E-state index contributed by atoms with van der Waals surface area (Å²) in [5, 5.41) is 7.20. The molecule has 1 aromatic rings. The van der Waals surface area contributed by atoms with Crippen LogP contribution in [0.5, 0.6) is 0 Å². The largest absolute Gasteiger partial charge is 0.418 e. The Labute approximate surface area is 69.7 Å². The Morgan fingerprint density at radius 3 is 2.83 bits per heavy atom. The lowest BCUT2D eigenvalue weighted by Gasteiger charge is -1.90. The second kappa shape index (κ2) is 3.96. The average Bonchev–Trinajstić information content (AvgIpc) is 2.52. The maximum atomic E-state index is 11.1. The first-order valence-electron chi connectivity index (χ1n) is 3.62. The molecule has 0 aromatic carbocycles. The molecule has 0 radical (unpaired) electrons. The highest BCUT2D eigenvalue weighted by Crippen LogP contribution is 2.00. The second-order valence-corrected chi connectivity index (χ2v) is 2.21. The maximum Gasteiger partial charge on any atom is 0.286 e. The highest BCUT2D eigenvalue weighted by molar-refractivity contribution is 5.92. The molecule has 0 amide bonds. The van der Waals surface area contributed by atoms with E-state index < -0.39 is 0 Å². The Kier molecular flexibility index (Phi) is 2.93. The summed E-state index contributed by atoms with van der Waals surface area (Å²) < 4.78 is 9.62. The fourth-order valence-corrected chi connectivity index (χ4v) is 0.702. The zero-order chi connectivity index (χ0) is 8.97. The number of hydrogen-bond donors (Lipinski definition) is 0. The van der Waals surface area contributed by atoms with Crippen LogP contribution in [0, 0.1) is 0 Å². The average molecular weight is 170 g/mol. The van der Waals surface area contributed by atoms with E-state index in [1.807, 2.05) is 6.92 Å². The van der Waals surface area contributed by atoms with Gasteiger partial charge in [-0.15, -0.1) is 10.2 Å². The molecule has 1 heterocycles. The van der Waals surface area contributed by atoms with Crippen molar-refractivity contribution in [3.05, 3.63) is 11.8 Å². The minimum absolute atomic E-state index is 0.0219. The number of aryl methyl sites for hydroxylation is 1. The monoisotopic (exact) mass is 170 g/mol. The molecule has 0 aliphatic rings. The number of hydrogen-bond acceptors (Lipinski definition) is 5. The summed E-state index contributed by atoms with van der Waals surface area (Å²) in [7, 11) is 1.44. The molecule has 1 aromatic heterocycles. The van der Waals surface area contributed by atoms with Crippen LogP contribution in [0.15, 0.2) is 4.42 Å². The predicted molar refractivity (Wildman–Crippen MR) is 39.9 cm³/mol. The first kappa shape index (κ1) is 8.86. The molecule has 5 nitrogen and oxygen atoms in total. The van der Waals surface area contributed by atoms with Crippen molar-refractivity contribution in [3.63, 3.8) is 0 Å². The van der Waals surface area contributed by atoms with Crippen LogP contribution in [0.1, 0.15) is 23.5 Å². The summed E-state index contributed by atoms with van der Waals surface area (Å²) >= 11 is 0. The summed E-state index contributed by atoms with van der Waals surface area (Å²) in [4.78, 5) is 11.1. The van der Waals surface area contributed by atoms with Crippen LogP contribution in [0.4, 0.5) is 0 Å². The fraction of sp³-hybridized carbons (Fsp3) is 0.571. The Bertz CT molecular complexity index is 269. The summed E-state index contributed by atoms with van der Waals surface area (Å²) in [6.45, 7) is 1.85. The quantitative estimate of drug-likeness (QED) is 0.614. The van der Waals surface area contributed by atoms with Gasteiger partial charge in [0.2, 0.25) is 11.7 Å². The zero-order valence-electron chi connectivity index (χ0n) is 7.03. The Balaban J connectivity index is 2.68. The summed E-state index contributed by atoms with van der Waals surface area (Å²) in [5.74, 6) is 0.202. The fourth-order valence-electron chi connectivity index (χ4n) is 0.702. The highest BCUT2D eigenvalue weighted by Gasteiger charge is 2.12. The number of carbonyl (C=O) groups is 1. The first-order valence-corrected chi connectivity index (χ1v) is 3.62. The van der Waals surface area contributed by atoms with E-state index in [1.165, 1.54) is 7.11 Å². The van der Waals surface area contributed by atoms with Crippen molar-refractivity contribution in [1.82, 2.24) is 10.2 Å². The lowest BCUT2D eigenvalue weighted by atomic mass is 10.4. The molecular weight excluding hydrogens is 160 g/mol. The Morgan fingerprint density at radius 2 is 2.33 bits per heavy atom. The third-order valence-electron chi connectivity index (χ3n) is 1.28. The van der Waals surface area contributed by atoms with Gasteiger partial charge in [0.25, 0.3) is 5.89 Å². The number of nitrogens with zero attached hydrogens (tertiary/aromatic N) is 2. The lowest BCUT2D eigenvalue weighted by molar-refractivity contribution is 0.0811. The van der Waals surface area contributed by atoms with Gasteiger partial charge in [-0.05, 0) is 0 Å². The van der Waals surface area contributed by atoms with Crippen molar-refractivity contribution in [2.75, 3.05) is 13.7 Å². The summed E-state index contributed by atoms with van der Waals surface area (Å²) in [5.41, 5.74) is 0. The molecule has 5 heteroatoms. The van der Waals surface area contributed by atoms with Gasteiger partial charge in [-0.1, -0.05) is 6.92 Å². The molecule has 0 atom stereocenters. The van der Waals surface area contributed by atoms with E-state index in [0.29, 0.717) is 12.3 Å². The van der Waals surface area contributed by atoms with Gasteiger partial charge in [0.05, 0.1) is 0 Å². The minimum Gasteiger partial charge on any atom is -0.418 e. The summed E-state index contributed by atoms with van der Waals surface area (Å²) in [6, 6.07) is 0. The Morgan fingerprint density at radius 1 is 1.58 bits per heavy atom. The van der Waals surface area contributed by atoms with Crippen molar-refractivity contribution in [2.45, 2.75) is 13.3 Å². The van der Waals surface area contributed by atoms with Crippen LogP contribution >= 0.6 is 0 Å². The lowest BCUT2D eigenvalue weighted by Crippen LogP contribution is -2.07. The van der Waals surface area contributed by atoms with E-state index in [4.69, 9.17) is 4.42 Å². The third-order valence-corrected chi connectivity index (χ3v) is 1.28. The maximum absolute atomic E-state index is 11.1. The normalized spacial score (nSPS) is 10.2. The number of ether oxygens (including phenoxy) is 1. The topological polar surface area (TPSA) is 65.2 Å². The predicted octanol–water partition coefficient (Wildman–Crippen LogP) is 0.461. The van der Waals surface area contributed by atoms with E-state index in [-0.39, 0.29) is 18.3 Å². The van der Waals surface area contributed by atoms with Crippen LogP contribution in [-0.2, 0) is 11.2 Å². The van der Waals surface area contributed by atoms with Gasteiger partial charge in [0.15, 0.2) is 0 Å². The van der Waals surface area contributed by atoms with Gasteiger partial charge >= 0.3 is 0 Å². The molecule has 12 heavy (non-hydrogen) atoms. The molecule has 0 fully saturated rings. The van der Waals surface area contributed by atoms with Crippen molar-refractivity contribution in [2.24, 2.45) is 0 Å². The number of Topliss-reactive ketones (excluding diaryl/α,β-unsaturated/α-hetero) is 1. The summed E-state index contributed by atoms with van der Waals surface area (Å²) in [6.07, 6.45) is 0.632. The molecule has 1 rings (SSSR count). The van der Waals surface area contributed by atoms with Gasteiger partial charge in [-0.2, -0.15) is 0 Å². The van der Waals surface area contributed by atoms with Gasteiger partial charge in [-0.3, -0.25) is 4.79 Å². The molecule has 0 aliphatic carbocycles. The van der Waals surface area contributed by atoms with Crippen LogP contribution in [0.2, 0.25) is 0 Å². The number of ketones is 1. The smallest absolute Gasteiger partial charge is 0.286 e. The molecule has 0 bridgehead atoms. The van der Waals surface area contributed by atoms with Gasteiger partial charge in [-0.25, -0.2) is 0 Å². The SMILES string of the molecule is CCc1nnc(C(=O)COC)o1. The van der Waals surface area contributed by atoms with E-state index in [0.717, 1.165) is 0 Å². The van der Waals surface area contributed by atoms with Crippen LogP contribution < -0.4 is 0 Å². The number of carbonyl (C=O) groups excluding carboxylic acids is 1. The van der Waals surface area contributed by atoms with Crippen molar-refractivity contribution >= 4 is 5.78 Å². The van der Waals surface area contributed by atoms with Crippen LogP contribution in [0.25, 0.3) is 0 Å². The molecular formula is C7H10N2O3. The highest BCUT2D eigenvalue weighted by atomic mass is 16.5. The first-order chi connectivity index (χ1) is 5.77. The van der Waals surface area contributed by atoms with E-state index in [2.05, 4.69) is 14.9 Å². The van der Waals surface area contributed by atoms with Crippen LogP contribution in [0.3, 0.4) is 0 Å². The number of aromatic nitrogens is 2. The molecule has 66 valence electrons. The molecule has 0 saturated heterocycles. The van der Waals surface area contributed by atoms with E-state index >= 15 is 0 Å². The van der Waals surface area contributed by atoms with E-state index in [1.54, 1.807) is 0 Å². The van der Waals surface area contributed by atoms with Gasteiger partial charge < -0.3 is 9.15 Å². The second-order valence-electron chi connectivity index (χ2n) is 2.21. The molecule has 0 aliphatic heterocycles. The van der Waals surface area contributed by atoms with Gasteiger partial charge in [0.1, 0.15) is 6.61 Å². The number of rotatable bonds is 4. The number of methoxy groups -OCH3 is 1. The molecule has 0 saturated carbocycles. The zero-order valence-corrected chi connectivity index (χ0v) is 7.03. The van der Waals surface area contributed by atoms with Crippen molar-refractivity contribution in [3.8, 4) is 0 Å². The van der Waals surface area contributed by atoms with Crippen molar-refractivity contribution < 1.29 is 13.9 Å². The van der Waals surface area contributed by atoms with Gasteiger partial charge in [0, 0.05) is 13.5 Å². The third kappa shape index (κ3) is 1.88. The standard InChI is InChI=1S/C7H10N2O3/c1-3-6-8-9-7(12-6)5(10)4-11-2/h3-4H2,1-2H3. The van der Waals surface area contributed by atoms with E-state index in [9.17, 15) is 4.79 Å². The van der Waals surface area contributed by atoms with Crippen molar-refractivity contribution in [1.29, 1.82) is 0 Å². The molecule has 0 unspecified atom stereocenters. The molecule has 0 N–H and O–H groups in total. The Hall–Kier alpha value is -1.23. The minimum atomic E-state index is -0.287. The van der Waals surface area contributed by atoms with Crippen LogP contribution in [-0.4, -0.2) is 29.7 Å².